The van der Waals surface area contributed by atoms with E-state index in [1.807, 2.05) is 24.3 Å². The molecular formula is C16H23ClN2O3. The molecule has 0 saturated heterocycles. The number of ether oxygens (including phenoxy) is 1. The minimum atomic E-state index is -0.555. The van der Waals surface area contributed by atoms with Crippen LogP contribution >= 0.6 is 11.6 Å². The van der Waals surface area contributed by atoms with E-state index < -0.39 is 6.10 Å². The molecule has 22 heavy (non-hydrogen) atoms. The molecule has 2 atom stereocenters. The molecule has 1 aliphatic rings. The van der Waals surface area contributed by atoms with Gasteiger partial charge in [0.15, 0.2) is 0 Å². The van der Waals surface area contributed by atoms with Crippen LogP contribution in [-0.4, -0.2) is 37.5 Å². The Hall–Kier alpha value is -1.30. The fourth-order valence-electron chi connectivity index (χ4n) is 2.39. The molecule has 1 aromatic carbocycles. The first-order valence-corrected chi connectivity index (χ1v) is 7.94. The van der Waals surface area contributed by atoms with Gasteiger partial charge in [-0.15, -0.1) is 0 Å². The van der Waals surface area contributed by atoms with Crippen molar-refractivity contribution in [3.63, 3.8) is 0 Å². The summed E-state index contributed by atoms with van der Waals surface area (Å²) in [6.07, 6.45) is 2.16. The Morgan fingerprint density at radius 1 is 1.41 bits per heavy atom. The van der Waals surface area contributed by atoms with Gasteiger partial charge >= 0.3 is 6.03 Å². The van der Waals surface area contributed by atoms with Gasteiger partial charge in [0, 0.05) is 18.7 Å². The van der Waals surface area contributed by atoms with E-state index in [2.05, 4.69) is 10.6 Å². The minimum Gasteiger partial charge on any atom is -0.391 e. The van der Waals surface area contributed by atoms with E-state index >= 15 is 0 Å². The highest BCUT2D eigenvalue weighted by Gasteiger charge is 2.33. The zero-order valence-corrected chi connectivity index (χ0v) is 13.5. The number of hydrogen-bond acceptors (Lipinski definition) is 3. The second-order valence-corrected chi connectivity index (χ2v) is 6.10. The number of aliphatic hydroxyl groups excluding tert-OH is 1. The summed E-state index contributed by atoms with van der Waals surface area (Å²) < 4.78 is 4.84. The Morgan fingerprint density at radius 3 is 2.68 bits per heavy atom. The summed E-state index contributed by atoms with van der Waals surface area (Å²) >= 11 is 5.91. The van der Waals surface area contributed by atoms with E-state index in [1.54, 1.807) is 0 Å². The van der Waals surface area contributed by atoms with E-state index in [9.17, 15) is 9.90 Å². The molecule has 6 heteroatoms. The van der Waals surface area contributed by atoms with Gasteiger partial charge < -0.3 is 20.5 Å². The van der Waals surface area contributed by atoms with Crippen LogP contribution in [0.5, 0.6) is 0 Å². The van der Waals surface area contributed by atoms with E-state index in [0.29, 0.717) is 23.9 Å². The van der Waals surface area contributed by atoms with Crippen LogP contribution in [0.3, 0.4) is 0 Å². The Bertz CT molecular complexity index is 477. The number of nitrogens with one attached hydrogen (secondary N) is 2. The molecular weight excluding hydrogens is 304 g/mol. The van der Waals surface area contributed by atoms with Gasteiger partial charge in [-0.25, -0.2) is 4.79 Å². The fraction of sp³-hybridized carbons (Fsp3) is 0.562. The van der Waals surface area contributed by atoms with E-state index in [1.165, 1.54) is 7.11 Å². The highest BCUT2D eigenvalue weighted by atomic mass is 35.5. The third kappa shape index (κ3) is 5.48. The number of hydrogen-bond donors (Lipinski definition) is 3. The smallest absolute Gasteiger partial charge is 0.315 e. The maximum atomic E-state index is 12.0. The number of halogens is 1. The second-order valence-electron chi connectivity index (χ2n) is 5.66. The maximum Gasteiger partial charge on any atom is 0.315 e. The average molecular weight is 327 g/mol. The first-order valence-electron chi connectivity index (χ1n) is 7.57. The number of carbonyl (C=O) groups excluding carboxylic acids is 1. The molecule has 0 heterocycles. The third-order valence-corrected chi connectivity index (χ3v) is 3.98. The van der Waals surface area contributed by atoms with Gasteiger partial charge in [-0.1, -0.05) is 23.7 Å². The highest BCUT2D eigenvalue weighted by molar-refractivity contribution is 6.30. The van der Waals surface area contributed by atoms with E-state index in [4.69, 9.17) is 16.3 Å². The maximum absolute atomic E-state index is 12.0. The molecule has 0 radical (unpaired) electrons. The van der Waals surface area contributed by atoms with Crippen molar-refractivity contribution in [2.24, 2.45) is 5.92 Å². The second kappa shape index (κ2) is 8.36. The van der Waals surface area contributed by atoms with Gasteiger partial charge in [-0.05, 0) is 42.9 Å². The van der Waals surface area contributed by atoms with Crippen molar-refractivity contribution in [3.8, 4) is 0 Å². The number of rotatable bonds is 8. The molecule has 0 aromatic heterocycles. The summed E-state index contributed by atoms with van der Waals surface area (Å²) in [5.41, 5.74) is 1.07. The summed E-state index contributed by atoms with van der Waals surface area (Å²) in [5.74, 6) is 0.492. The topological polar surface area (TPSA) is 70.6 Å². The molecule has 1 aromatic rings. The van der Waals surface area contributed by atoms with Crippen LogP contribution in [-0.2, 0) is 4.74 Å². The van der Waals surface area contributed by atoms with Crippen LogP contribution in [0.4, 0.5) is 4.79 Å². The fourth-order valence-corrected chi connectivity index (χ4v) is 2.52. The lowest BCUT2D eigenvalue weighted by Crippen LogP contribution is -2.40. The monoisotopic (exact) mass is 326 g/mol. The molecule has 3 N–H and O–H groups in total. The van der Waals surface area contributed by atoms with Gasteiger partial charge in [-0.2, -0.15) is 0 Å². The summed E-state index contributed by atoms with van der Waals surface area (Å²) in [5, 5.41) is 16.0. The van der Waals surface area contributed by atoms with Gasteiger partial charge in [0.2, 0.25) is 0 Å². The van der Waals surface area contributed by atoms with E-state index in [-0.39, 0.29) is 18.7 Å². The molecule has 1 saturated carbocycles. The van der Waals surface area contributed by atoms with E-state index in [0.717, 1.165) is 18.4 Å². The molecule has 1 aliphatic carbocycles. The first-order chi connectivity index (χ1) is 10.6. The van der Waals surface area contributed by atoms with Crippen molar-refractivity contribution in [1.29, 1.82) is 0 Å². The zero-order chi connectivity index (χ0) is 15.9. The number of aliphatic hydroxyl groups is 1. The van der Waals surface area contributed by atoms with Crippen molar-refractivity contribution in [2.75, 3.05) is 20.3 Å². The highest BCUT2D eigenvalue weighted by Crippen LogP contribution is 2.41. The van der Waals surface area contributed by atoms with Crippen molar-refractivity contribution in [3.05, 3.63) is 34.9 Å². The predicted octanol–water partition coefficient (Wildman–Crippen LogP) is 2.49. The largest absolute Gasteiger partial charge is 0.391 e. The van der Waals surface area contributed by atoms with Crippen LogP contribution in [0.25, 0.3) is 0 Å². The van der Waals surface area contributed by atoms with Gasteiger partial charge in [0.05, 0.1) is 18.8 Å². The molecule has 1 fully saturated rings. The molecule has 0 spiro atoms. The van der Waals surface area contributed by atoms with Crippen LogP contribution < -0.4 is 10.6 Å². The van der Waals surface area contributed by atoms with Crippen LogP contribution in [0.2, 0.25) is 5.02 Å². The molecule has 2 amide bonds. The van der Waals surface area contributed by atoms with Gasteiger partial charge in [0.1, 0.15) is 0 Å². The van der Waals surface area contributed by atoms with Gasteiger partial charge in [-0.3, -0.25) is 0 Å². The zero-order valence-electron chi connectivity index (χ0n) is 12.7. The molecule has 2 unspecified atom stereocenters. The summed E-state index contributed by atoms with van der Waals surface area (Å²) in [7, 11) is 1.54. The van der Waals surface area contributed by atoms with Crippen LogP contribution in [0.15, 0.2) is 24.3 Å². The lowest BCUT2D eigenvalue weighted by atomic mass is 10.0. The molecule has 122 valence electrons. The number of carbonyl (C=O) groups is 1. The number of methoxy groups -OCH3 is 1. The average Bonchev–Trinajstić information content (AvgIpc) is 3.31. The van der Waals surface area contributed by atoms with Crippen LogP contribution in [0.1, 0.15) is 30.9 Å². The normalized spacial score (nSPS) is 16.9. The third-order valence-electron chi connectivity index (χ3n) is 3.73. The van der Waals surface area contributed by atoms with Crippen molar-refractivity contribution in [1.82, 2.24) is 10.6 Å². The molecule has 5 nitrogen and oxygen atoms in total. The van der Waals surface area contributed by atoms with Crippen molar-refractivity contribution >= 4 is 17.6 Å². The Morgan fingerprint density at radius 2 is 2.09 bits per heavy atom. The number of benzene rings is 1. The number of urea groups is 1. The predicted molar refractivity (Wildman–Crippen MR) is 86.0 cm³/mol. The Labute approximate surface area is 136 Å². The standard InChI is InChI=1S/C16H23ClN2O3/c1-22-10-14(20)8-9-18-16(21)19-15(11-2-3-11)12-4-6-13(17)7-5-12/h4-7,11,14-15,20H,2-3,8-10H2,1H3,(H2,18,19,21). The first kappa shape index (κ1) is 17.1. The lowest BCUT2D eigenvalue weighted by molar-refractivity contribution is 0.0598. The van der Waals surface area contributed by atoms with Gasteiger partial charge in [0.25, 0.3) is 0 Å². The molecule has 0 aliphatic heterocycles. The minimum absolute atomic E-state index is 0.0150. The summed E-state index contributed by atoms with van der Waals surface area (Å²) in [6.45, 7) is 0.688. The molecule has 0 bridgehead atoms. The Balaban J connectivity index is 1.81. The Kier molecular flexibility index (Phi) is 6.49. The number of amides is 2. The summed E-state index contributed by atoms with van der Waals surface area (Å²) in [4.78, 5) is 12.0. The lowest BCUT2D eigenvalue weighted by Gasteiger charge is -2.19. The van der Waals surface area contributed by atoms with Crippen LogP contribution in [0, 0.1) is 5.92 Å². The SMILES string of the molecule is COCC(O)CCNC(=O)NC(c1ccc(Cl)cc1)C1CC1. The quantitative estimate of drug-likeness (QED) is 0.687. The van der Waals surface area contributed by atoms with Crippen molar-refractivity contribution in [2.45, 2.75) is 31.4 Å². The van der Waals surface area contributed by atoms with Crippen molar-refractivity contribution < 1.29 is 14.6 Å². The molecule has 2 rings (SSSR count). The summed E-state index contributed by atoms with van der Waals surface area (Å²) in [6, 6.07) is 7.39.